The summed E-state index contributed by atoms with van der Waals surface area (Å²) in [5.41, 5.74) is 1.21. The highest BCUT2D eigenvalue weighted by Crippen LogP contribution is 2.30. The summed E-state index contributed by atoms with van der Waals surface area (Å²) in [6.07, 6.45) is 1.29. The molecule has 0 saturated carbocycles. The maximum absolute atomic E-state index is 5.66. The Morgan fingerprint density at radius 1 is 1.18 bits per heavy atom. The van der Waals surface area contributed by atoms with Crippen LogP contribution in [0.4, 0.5) is 0 Å². The van der Waals surface area contributed by atoms with Crippen molar-refractivity contribution in [3.63, 3.8) is 0 Å². The van der Waals surface area contributed by atoms with Crippen LogP contribution in [0.1, 0.15) is 18.9 Å². The molecule has 1 saturated heterocycles. The van der Waals surface area contributed by atoms with E-state index in [0.717, 1.165) is 37.6 Å². The lowest BCUT2D eigenvalue weighted by Crippen LogP contribution is -2.32. The minimum absolute atomic E-state index is 0.282. The smallest absolute Gasteiger partial charge is 0.161 e. The van der Waals surface area contributed by atoms with Crippen molar-refractivity contribution in [1.82, 2.24) is 4.90 Å². The molecule has 1 aromatic carbocycles. The second-order valence-corrected chi connectivity index (χ2v) is 5.55. The van der Waals surface area contributed by atoms with Gasteiger partial charge in [0.15, 0.2) is 11.5 Å². The van der Waals surface area contributed by atoms with Crippen LogP contribution in [-0.4, -0.2) is 58.1 Å². The van der Waals surface area contributed by atoms with Crippen LogP contribution < -0.4 is 9.47 Å². The molecule has 1 heterocycles. The van der Waals surface area contributed by atoms with Gasteiger partial charge in [-0.25, -0.2) is 0 Å². The van der Waals surface area contributed by atoms with Gasteiger partial charge in [-0.1, -0.05) is 6.07 Å². The summed E-state index contributed by atoms with van der Waals surface area (Å²) in [4.78, 5) is 2.41. The van der Waals surface area contributed by atoms with E-state index in [9.17, 15) is 0 Å². The average molecular weight is 309 g/mol. The molecule has 2 atom stereocenters. The van der Waals surface area contributed by atoms with E-state index in [1.807, 2.05) is 13.0 Å². The Morgan fingerprint density at radius 2 is 2.00 bits per heavy atom. The first-order valence-electron chi connectivity index (χ1n) is 7.77. The van der Waals surface area contributed by atoms with E-state index in [4.69, 9.17) is 18.9 Å². The number of benzene rings is 1. The van der Waals surface area contributed by atoms with Gasteiger partial charge in [0.25, 0.3) is 0 Å². The van der Waals surface area contributed by atoms with Crippen molar-refractivity contribution in [3.05, 3.63) is 23.8 Å². The fraction of sp³-hybridized carbons (Fsp3) is 0.647. The van der Waals surface area contributed by atoms with Crippen molar-refractivity contribution in [2.24, 2.45) is 0 Å². The first-order chi connectivity index (χ1) is 10.7. The van der Waals surface area contributed by atoms with Crippen molar-refractivity contribution in [1.29, 1.82) is 0 Å². The molecule has 5 nitrogen and oxygen atoms in total. The topological polar surface area (TPSA) is 40.2 Å². The number of methoxy groups -OCH3 is 3. The highest BCUT2D eigenvalue weighted by molar-refractivity contribution is 5.43. The van der Waals surface area contributed by atoms with Crippen LogP contribution in [0.2, 0.25) is 0 Å². The summed E-state index contributed by atoms with van der Waals surface area (Å²) in [5, 5.41) is 0. The van der Waals surface area contributed by atoms with Gasteiger partial charge < -0.3 is 18.9 Å². The average Bonchev–Trinajstić information content (AvgIpc) is 2.90. The van der Waals surface area contributed by atoms with E-state index in [0.29, 0.717) is 12.6 Å². The Hall–Kier alpha value is -1.30. The predicted octanol–water partition coefficient (Wildman–Crippen LogP) is 2.33. The molecule has 22 heavy (non-hydrogen) atoms. The molecule has 1 aliphatic rings. The van der Waals surface area contributed by atoms with Gasteiger partial charge >= 0.3 is 0 Å². The number of hydrogen-bond donors (Lipinski definition) is 0. The van der Waals surface area contributed by atoms with Crippen molar-refractivity contribution in [3.8, 4) is 11.5 Å². The molecule has 2 rings (SSSR count). The van der Waals surface area contributed by atoms with Crippen molar-refractivity contribution >= 4 is 0 Å². The second-order valence-electron chi connectivity index (χ2n) is 5.55. The maximum Gasteiger partial charge on any atom is 0.161 e. The molecule has 1 aliphatic heterocycles. The zero-order chi connectivity index (χ0) is 15.9. The fourth-order valence-electron chi connectivity index (χ4n) is 2.99. The Balaban J connectivity index is 2.09. The van der Waals surface area contributed by atoms with Crippen LogP contribution in [0, 0.1) is 0 Å². The van der Waals surface area contributed by atoms with Crippen molar-refractivity contribution in [2.45, 2.75) is 32.0 Å². The van der Waals surface area contributed by atoms with Gasteiger partial charge in [0, 0.05) is 33.4 Å². The summed E-state index contributed by atoms with van der Waals surface area (Å²) in [6, 6.07) is 6.51. The number of ether oxygens (including phenoxy) is 4. The van der Waals surface area contributed by atoms with Gasteiger partial charge in [-0.15, -0.1) is 0 Å². The molecule has 0 amide bonds. The predicted molar refractivity (Wildman–Crippen MR) is 85.7 cm³/mol. The summed E-state index contributed by atoms with van der Waals surface area (Å²) in [6.45, 7) is 5.12. The standard InChI is InChI=1S/C17H27NO4/c1-5-22-17-8-13(6-7-16(17)21-4)10-18-11-15(20-3)9-14(18)12-19-2/h6-8,14-15H,5,9-12H2,1-4H3/t14-,15-/m0/s1. The minimum atomic E-state index is 0.282. The maximum atomic E-state index is 5.66. The van der Waals surface area contributed by atoms with Gasteiger partial charge in [-0.3, -0.25) is 4.90 Å². The lowest BCUT2D eigenvalue weighted by Gasteiger charge is -2.24. The third-order valence-corrected chi connectivity index (χ3v) is 4.10. The zero-order valence-electron chi connectivity index (χ0n) is 14.0. The molecule has 0 N–H and O–H groups in total. The monoisotopic (exact) mass is 309 g/mol. The van der Waals surface area contributed by atoms with E-state index in [1.165, 1.54) is 5.56 Å². The SMILES string of the molecule is CCOc1cc(CN2C[C@@H](OC)C[C@H]2COC)ccc1OC. The number of hydrogen-bond acceptors (Lipinski definition) is 5. The van der Waals surface area contributed by atoms with Crippen LogP contribution in [0.25, 0.3) is 0 Å². The molecule has 0 aliphatic carbocycles. The van der Waals surface area contributed by atoms with Gasteiger partial charge in [0.1, 0.15) is 0 Å². The van der Waals surface area contributed by atoms with E-state index in [2.05, 4.69) is 17.0 Å². The molecule has 0 radical (unpaired) electrons. The molecule has 1 fully saturated rings. The molecule has 0 bridgehead atoms. The molecule has 5 heteroatoms. The third kappa shape index (κ3) is 4.12. The number of rotatable bonds is 8. The van der Waals surface area contributed by atoms with Gasteiger partial charge in [-0.05, 0) is 31.0 Å². The summed E-state index contributed by atoms with van der Waals surface area (Å²) in [7, 11) is 5.19. The fourth-order valence-corrected chi connectivity index (χ4v) is 2.99. The van der Waals surface area contributed by atoms with E-state index in [-0.39, 0.29) is 6.10 Å². The molecular formula is C17H27NO4. The third-order valence-electron chi connectivity index (χ3n) is 4.10. The van der Waals surface area contributed by atoms with Crippen LogP contribution in [0.3, 0.4) is 0 Å². The quantitative estimate of drug-likeness (QED) is 0.737. The van der Waals surface area contributed by atoms with E-state index >= 15 is 0 Å². The first kappa shape index (κ1) is 17.1. The largest absolute Gasteiger partial charge is 0.493 e. The van der Waals surface area contributed by atoms with Crippen LogP contribution in [-0.2, 0) is 16.0 Å². The van der Waals surface area contributed by atoms with Crippen LogP contribution in [0.15, 0.2) is 18.2 Å². The first-order valence-corrected chi connectivity index (χ1v) is 7.77. The lowest BCUT2D eigenvalue weighted by molar-refractivity contribution is 0.106. The Bertz CT molecular complexity index is 466. The Kier molecular flexibility index (Phi) is 6.49. The lowest BCUT2D eigenvalue weighted by atomic mass is 10.1. The Labute approximate surface area is 133 Å². The zero-order valence-corrected chi connectivity index (χ0v) is 14.0. The Morgan fingerprint density at radius 3 is 2.64 bits per heavy atom. The summed E-state index contributed by atoms with van der Waals surface area (Å²) in [5.74, 6) is 1.57. The molecule has 0 unspecified atom stereocenters. The molecular weight excluding hydrogens is 282 g/mol. The van der Waals surface area contributed by atoms with Crippen molar-refractivity contribution in [2.75, 3.05) is 41.1 Å². The van der Waals surface area contributed by atoms with Gasteiger partial charge in [-0.2, -0.15) is 0 Å². The normalized spacial score (nSPS) is 22.0. The molecule has 124 valence electrons. The second kappa shape index (κ2) is 8.36. The van der Waals surface area contributed by atoms with Gasteiger partial charge in [0.05, 0.1) is 26.4 Å². The highest BCUT2D eigenvalue weighted by Gasteiger charge is 2.32. The number of nitrogens with zero attached hydrogens (tertiary/aromatic N) is 1. The van der Waals surface area contributed by atoms with Crippen LogP contribution >= 0.6 is 0 Å². The number of likely N-dealkylation sites (tertiary alicyclic amines) is 1. The summed E-state index contributed by atoms with van der Waals surface area (Å²) >= 11 is 0. The summed E-state index contributed by atoms with van der Waals surface area (Å²) < 4.78 is 21.9. The van der Waals surface area contributed by atoms with Crippen molar-refractivity contribution < 1.29 is 18.9 Å². The van der Waals surface area contributed by atoms with E-state index in [1.54, 1.807) is 21.3 Å². The molecule has 1 aromatic rings. The van der Waals surface area contributed by atoms with Crippen LogP contribution in [0.5, 0.6) is 11.5 Å². The minimum Gasteiger partial charge on any atom is -0.493 e. The molecule has 0 spiro atoms. The molecule has 0 aromatic heterocycles. The van der Waals surface area contributed by atoms with Gasteiger partial charge in [0.2, 0.25) is 0 Å². The highest BCUT2D eigenvalue weighted by atomic mass is 16.5. The van der Waals surface area contributed by atoms with E-state index < -0.39 is 0 Å².